The lowest BCUT2D eigenvalue weighted by Crippen LogP contribution is -2.35. The minimum absolute atomic E-state index is 0.0344. The van der Waals surface area contributed by atoms with Crippen molar-refractivity contribution in [3.63, 3.8) is 0 Å². The largest absolute Gasteiger partial charge is 0.371 e. The average molecular weight is 521 g/mol. The molecule has 0 unspecified atom stereocenters. The third-order valence-corrected chi connectivity index (χ3v) is 9.74. The molecule has 0 radical (unpaired) electrons. The van der Waals surface area contributed by atoms with E-state index in [9.17, 15) is 13.2 Å². The molecule has 196 valence electrons. The molecule has 2 aromatic carbocycles. The molecule has 0 atom stereocenters. The van der Waals surface area contributed by atoms with E-state index in [0.29, 0.717) is 16.7 Å². The monoisotopic (exact) mass is 520 g/mol. The zero-order valence-electron chi connectivity index (χ0n) is 22.1. The van der Waals surface area contributed by atoms with E-state index >= 15 is 0 Å². The Labute approximate surface area is 219 Å². The summed E-state index contributed by atoms with van der Waals surface area (Å²) in [5.41, 5.74) is 3.05. The zero-order valence-corrected chi connectivity index (χ0v) is 22.9. The van der Waals surface area contributed by atoms with Gasteiger partial charge in [-0.05, 0) is 66.8 Å². The second-order valence-electron chi connectivity index (χ2n) is 11.9. The average Bonchev–Trinajstić information content (AvgIpc) is 3.44. The number of imidazole rings is 1. The van der Waals surface area contributed by atoms with Crippen LogP contribution in [-0.4, -0.2) is 42.7 Å². The molecule has 1 aromatic heterocycles. The number of hydrogen-bond acceptors (Lipinski definition) is 5. The number of nitrogens with one attached hydrogen (secondary N) is 1. The zero-order chi connectivity index (χ0) is 26.4. The molecule has 1 saturated carbocycles. The molecule has 1 spiro atoms. The van der Waals surface area contributed by atoms with Crippen LogP contribution in [0.15, 0.2) is 59.8 Å². The molecule has 2 heterocycles. The van der Waals surface area contributed by atoms with Crippen molar-refractivity contribution >= 4 is 27.1 Å². The molecule has 5 rings (SSSR count). The van der Waals surface area contributed by atoms with Gasteiger partial charge >= 0.3 is 0 Å². The normalized spacial score (nSPS) is 17.1. The topological polar surface area (TPSA) is 84.3 Å². The Morgan fingerprint density at radius 2 is 1.78 bits per heavy atom. The summed E-state index contributed by atoms with van der Waals surface area (Å²) in [5, 5.41) is 2.96. The van der Waals surface area contributed by atoms with Crippen molar-refractivity contribution in [3.05, 3.63) is 60.4 Å². The third kappa shape index (κ3) is 5.59. The van der Waals surface area contributed by atoms with E-state index < -0.39 is 9.84 Å². The van der Waals surface area contributed by atoms with Crippen molar-refractivity contribution in [2.75, 3.05) is 29.1 Å². The van der Waals surface area contributed by atoms with Crippen LogP contribution in [0.2, 0.25) is 0 Å². The number of sulfone groups is 1. The molecule has 8 heteroatoms. The molecule has 7 nitrogen and oxygen atoms in total. The highest BCUT2D eigenvalue weighted by atomic mass is 32.2. The van der Waals surface area contributed by atoms with E-state index in [2.05, 4.69) is 21.3 Å². The smallest absolute Gasteiger partial charge is 0.257 e. The molecule has 1 amide bonds. The van der Waals surface area contributed by atoms with Crippen molar-refractivity contribution in [1.29, 1.82) is 0 Å². The van der Waals surface area contributed by atoms with Gasteiger partial charge in [0.25, 0.3) is 5.91 Å². The number of nitrogens with zero attached hydrogens (tertiary/aromatic N) is 3. The quantitative estimate of drug-likeness (QED) is 0.461. The van der Waals surface area contributed by atoms with Gasteiger partial charge in [0.15, 0.2) is 9.84 Å². The van der Waals surface area contributed by atoms with Crippen LogP contribution in [-0.2, 0) is 16.9 Å². The first kappa shape index (κ1) is 25.5. The van der Waals surface area contributed by atoms with Gasteiger partial charge in [-0.15, -0.1) is 0 Å². The highest BCUT2D eigenvalue weighted by Crippen LogP contribution is 2.54. The Kier molecular flexibility index (Phi) is 6.42. The summed E-state index contributed by atoms with van der Waals surface area (Å²) < 4.78 is 27.8. The molecule has 2 fully saturated rings. The fourth-order valence-corrected chi connectivity index (χ4v) is 7.19. The van der Waals surface area contributed by atoms with Crippen LogP contribution in [0.4, 0.5) is 11.4 Å². The summed E-state index contributed by atoms with van der Waals surface area (Å²) in [5.74, 6) is 0.631. The number of piperidine rings is 1. The maximum atomic E-state index is 13.6. The van der Waals surface area contributed by atoms with Gasteiger partial charge in [-0.2, -0.15) is 0 Å². The molecule has 1 aliphatic carbocycles. The summed E-state index contributed by atoms with van der Waals surface area (Å²) >= 11 is 0. The third-order valence-electron chi connectivity index (χ3n) is 7.52. The molecule has 3 aromatic rings. The molecule has 2 aliphatic rings. The summed E-state index contributed by atoms with van der Waals surface area (Å²) in [6, 6.07) is 12.4. The van der Waals surface area contributed by atoms with E-state index in [0.717, 1.165) is 43.0 Å². The molecule has 37 heavy (non-hydrogen) atoms. The summed E-state index contributed by atoms with van der Waals surface area (Å²) in [6.45, 7) is 7.55. The first-order chi connectivity index (χ1) is 17.4. The molecule has 1 aliphatic heterocycles. The van der Waals surface area contributed by atoms with E-state index in [4.69, 9.17) is 0 Å². The number of benzene rings is 2. The van der Waals surface area contributed by atoms with Crippen LogP contribution in [0.5, 0.6) is 0 Å². The summed E-state index contributed by atoms with van der Waals surface area (Å²) in [7, 11) is -1.52. The van der Waals surface area contributed by atoms with Gasteiger partial charge in [-0.1, -0.05) is 32.9 Å². The van der Waals surface area contributed by atoms with Crippen LogP contribution in [0.3, 0.4) is 0 Å². The highest BCUT2D eigenvalue weighted by molar-refractivity contribution is 7.91. The number of aromatic nitrogens is 2. The van der Waals surface area contributed by atoms with Gasteiger partial charge in [0.2, 0.25) is 0 Å². The fraction of sp³-hybridized carbons (Fsp3) is 0.448. The fourth-order valence-electron chi connectivity index (χ4n) is 5.29. The van der Waals surface area contributed by atoms with Gasteiger partial charge < -0.3 is 14.8 Å². The maximum Gasteiger partial charge on any atom is 0.257 e. The standard InChI is InChI=1S/C29H36N4O3S/c1-28(2,3)20-37(35,36)23-7-5-6-22(19-23)31-27(34)24-9-8-21(26-30-14-17-32(26)4)18-25(24)33-15-12-29(10-11-29)13-16-33/h5-9,14,17-19H,10-13,15-16,20H2,1-4H3,(H,31,34). The lowest BCUT2D eigenvalue weighted by atomic mass is 9.92. The molecule has 1 saturated heterocycles. The lowest BCUT2D eigenvalue weighted by Gasteiger charge is -2.35. The molecular formula is C29H36N4O3S. The predicted octanol–water partition coefficient (Wildman–Crippen LogP) is 5.54. The second kappa shape index (κ2) is 9.31. The van der Waals surface area contributed by atoms with Gasteiger partial charge in [0.1, 0.15) is 5.82 Å². The predicted molar refractivity (Wildman–Crippen MR) is 148 cm³/mol. The summed E-state index contributed by atoms with van der Waals surface area (Å²) in [6.07, 6.45) is 8.61. The Morgan fingerprint density at radius 3 is 2.41 bits per heavy atom. The van der Waals surface area contributed by atoms with Crippen molar-refractivity contribution in [3.8, 4) is 11.4 Å². The Balaban J connectivity index is 1.44. The molecular weight excluding hydrogens is 484 g/mol. The number of rotatable bonds is 6. The van der Waals surface area contributed by atoms with Gasteiger partial charge in [0, 0.05) is 43.8 Å². The van der Waals surface area contributed by atoms with Crippen molar-refractivity contribution < 1.29 is 13.2 Å². The first-order valence-electron chi connectivity index (χ1n) is 13.0. The number of anilines is 2. The van der Waals surface area contributed by atoms with Crippen molar-refractivity contribution in [2.45, 2.75) is 51.3 Å². The Morgan fingerprint density at radius 1 is 1.05 bits per heavy atom. The van der Waals surface area contributed by atoms with Crippen LogP contribution < -0.4 is 10.2 Å². The molecule has 1 N–H and O–H groups in total. The molecule has 0 bridgehead atoms. The van der Waals surface area contributed by atoms with E-state index in [1.807, 2.05) is 50.7 Å². The van der Waals surface area contributed by atoms with E-state index in [1.54, 1.807) is 30.5 Å². The van der Waals surface area contributed by atoms with Gasteiger partial charge in [-0.3, -0.25) is 4.79 Å². The summed E-state index contributed by atoms with van der Waals surface area (Å²) in [4.78, 5) is 20.6. The maximum absolute atomic E-state index is 13.6. The van der Waals surface area contributed by atoms with Crippen molar-refractivity contribution in [1.82, 2.24) is 9.55 Å². The van der Waals surface area contributed by atoms with Crippen molar-refractivity contribution in [2.24, 2.45) is 17.9 Å². The minimum Gasteiger partial charge on any atom is -0.371 e. The number of carbonyl (C=O) groups excluding carboxylic acids is 1. The lowest BCUT2D eigenvalue weighted by molar-refractivity contribution is 0.102. The number of aryl methyl sites for hydroxylation is 1. The first-order valence-corrected chi connectivity index (χ1v) is 14.6. The van der Waals surface area contributed by atoms with Crippen LogP contribution in [0.25, 0.3) is 11.4 Å². The highest BCUT2D eigenvalue weighted by Gasteiger charge is 2.44. The SMILES string of the molecule is Cn1ccnc1-c1ccc(C(=O)Nc2cccc(S(=O)(=O)CC(C)(C)C)c2)c(N2CCC3(CC2)CC3)c1. The van der Waals surface area contributed by atoms with Crippen LogP contribution in [0.1, 0.15) is 56.8 Å². The van der Waals surface area contributed by atoms with Gasteiger partial charge in [-0.25, -0.2) is 13.4 Å². The van der Waals surface area contributed by atoms with Crippen LogP contribution >= 0.6 is 0 Å². The second-order valence-corrected chi connectivity index (χ2v) is 13.9. The minimum atomic E-state index is -3.47. The number of hydrogen-bond donors (Lipinski definition) is 1. The number of amides is 1. The van der Waals surface area contributed by atoms with Gasteiger partial charge in [0.05, 0.1) is 21.9 Å². The Bertz CT molecular complexity index is 1420. The van der Waals surface area contributed by atoms with E-state index in [-0.39, 0.29) is 22.0 Å². The van der Waals surface area contributed by atoms with Crippen LogP contribution in [0, 0.1) is 10.8 Å². The Hall–Kier alpha value is -3.13. The number of carbonyl (C=O) groups is 1. The van der Waals surface area contributed by atoms with E-state index in [1.165, 1.54) is 12.8 Å².